The summed E-state index contributed by atoms with van der Waals surface area (Å²) in [4.78, 5) is 11.0. The smallest absolute Gasteiger partial charge is 0.160 e. The van der Waals surface area contributed by atoms with Crippen LogP contribution >= 0.6 is 35.4 Å². The number of aromatic nitrogens is 1. The van der Waals surface area contributed by atoms with E-state index in [2.05, 4.69) is 41.0 Å². The number of thiocarbonyl (C=S) groups is 1. The van der Waals surface area contributed by atoms with Crippen LogP contribution in [-0.4, -0.2) is 47.4 Å². The fourth-order valence-corrected chi connectivity index (χ4v) is 4.59. The van der Waals surface area contributed by atoms with Crippen LogP contribution < -0.4 is 5.32 Å². The summed E-state index contributed by atoms with van der Waals surface area (Å²) in [6.07, 6.45) is 2.23. The van der Waals surface area contributed by atoms with Crippen molar-refractivity contribution in [1.29, 1.82) is 0 Å². The minimum atomic E-state index is -0.872. The minimum absolute atomic E-state index is 0.105. The quantitative estimate of drug-likeness (QED) is 0.374. The van der Waals surface area contributed by atoms with Gasteiger partial charge in [-0.05, 0) is 54.8 Å². The van der Waals surface area contributed by atoms with Crippen molar-refractivity contribution in [3.8, 4) is 0 Å². The Kier molecular flexibility index (Phi) is 9.01. The maximum atomic E-state index is 14.1. The molecule has 1 aromatic carbocycles. The topological polar surface area (TPSA) is 40.5 Å². The second-order valence-corrected chi connectivity index (χ2v) is 10.3. The highest BCUT2D eigenvalue weighted by molar-refractivity contribution is 7.79. The van der Waals surface area contributed by atoms with Gasteiger partial charge in [0.25, 0.3) is 0 Å². The zero-order valence-corrected chi connectivity index (χ0v) is 22.2. The Morgan fingerprint density at radius 3 is 2.35 bits per heavy atom. The SMILES string of the molecule is CNC(C)C(C)C.FCC1(c2cc(Cl)c(F)c(Cl)c2)CN=C(N2Cc3cnc(C=S)cc3C2)C1. The first-order valence-electron chi connectivity index (χ1n) is 11.2. The summed E-state index contributed by atoms with van der Waals surface area (Å²) < 4.78 is 27.9. The van der Waals surface area contributed by atoms with Gasteiger partial charge in [0.05, 0.1) is 27.7 Å². The monoisotopic (exact) mass is 526 g/mol. The third kappa shape index (κ3) is 5.76. The minimum Gasteiger partial charge on any atom is -0.352 e. The van der Waals surface area contributed by atoms with Crippen LogP contribution in [0.25, 0.3) is 0 Å². The molecule has 2 aliphatic heterocycles. The maximum Gasteiger partial charge on any atom is 0.160 e. The molecule has 3 heterocycles. The Balaban J connectivity index is 0.000000406. The predicted octanol–water partition coefficient (Wildman–Crippen LogP) is 6.15. The number of alkyl halides is 1. The van der Waals surface area contributed by atoms with Crippen LogP contribution in [0.1, 0.15) is 49.6 Å². The molecule has 0 saturated carbocycles. The van der Waals surface area contributed by atoms with Gasteiger partial charge in [-0.25, -0.2) is 4.39 Å². The van der Waals surface area contributed by atoms with Gasteiger partial charge in [0, 0.05) is 37.1 Å². The highest BCUT2D eigenvalue weighted by atomic mass is 35.5. The zero-order valence-electron chi connectivity index (χ0n) is 19.8. The van der Waals surface area contributed by atoms with Gasteiger partial charge in [-0.1, -0.05) is 49.3 Å². The van der Waals surface area contributed by atoms with Gasteiger partial charge < -0.3 is 10.2 Å². The third-order valence-corrected chi connectivity index (χ3v) is 7.47. The van der Waals surface area contributed by atoms with E-state index < -0.39 is 17.9 Å². The summed E-state index contributed by atoms with van der Waals surface area (Å²) in [6.45, 7) is 7.60. The molecule has 0 radical (unpaired) electrons. The lowest BCUT2D eigenvalue weighted by molar-refractivity contribution is 0.324. The van der Waals surface area contributed by atoms with Crippen LogP contribution in [0.15, 0.2) is 29.4 Å². The van der Waals surface area contributed by atoms with Gasteiger partial charge in [0.1, 0.15) is 12.5 Å². The van der Waals surface area contributed by atoms with Crippen LogP contribution in [0, 0.1) is 11.7 Å². The van der Waals surface area contributed by atoms with Crippen LogP contribution in [0.4, 0.5) is 8.78 Å². The van der Waals surface area contributed by atoms with Gasteiger partial charge in [-0.3, -0.25) is 14.4 Å². The maximum absolute atomic E-state index is 14.1. The molecule has 0 bridgehead atoms. The Labute approximate surface area is 215 Å². The number of fused-ring (bicyclic) bond motifs is 1. The number of aliphatic imine (C=N–C) groups is 1. The van der Waals surface area contributed by atoms with Crippen LogP contribution in [0.3, 0.4) is 0 Å². The van der Waals surface area contributed by atoms with Gasteiger partial charge >= 0.3 is 0 Å². The number of halogens is 4. The van der Waals surface area contributed by atoms with Crippen LogP contribution in [0.2, 0.25) is 10.0 Å². The fraction of sp³-hybridized carbons (Fsp3) is 0.480. The Bertz CT molecular complexity index is 1060. The molecule has 1 aromatic heterocycles. The third-order valence-electron chi connectivity index (χ3n) is 6.68. The summed E-state index contributed by atoms with van der Waals surface area (Å²) >= 11 is 16.8. The first-order chi connectivity index (χ1) is 16.1. The summed E-state index contributed by atoms with van der Waals surface area (Å²) in [6, 6.07) is 5.53. The number of hydrogen-bond acceptors (Lipinski definition) is 5. The van der Waals surface area contributed by atoms with Gasteiger partial charge in [0.15, 0.2) is 5.82 Å². The highest BCUT2D eigenvalue weighted by Gasteiger charge is 2.41. The summed E-state index contributed by atoms with van der Waals surface area (Å²) in [5.41, 5.74) is 2.72. The second kappa shape index (κ2) is 11.4. The molecular weight excluding hydrogens is 497 g/mol. The highest BCUT2D eigenvalue weighted by Crippen LogP contribution is 2.39. The standard InChI is InChI=1S/C19H15Cl2F2N3S.C6H15N/c20-15-2-13(3-16(21)18(15)23)19(9-22)4-17(25-10-19)26-6-11-1-14(8-27)24-5-12(11)7-26;1-5(2)6(3)7-4/h1-3,5,8H,4,6-7,9-10H2;5-7H,1-4H3. The molecule has 0 spiro atoms. The van der Waals surface area contributed by atoms with Crippen molar-refractivity contribution in [1.82, 2.24) is 15.2 Å². The van der Waals surface area contributed by atoms with Crippen LogP contribution in [-0.2, 0) is 18.5 Å². The average Bonchev–Trinajstić information content (AvgIpc) is 3.46. The molecule has 0 saturated heterocycles. The number of nitrogens with one attached hydrogen (secondary N) is 1. The molecule has 0 fully saturated rings. The molecule has 34 heavy (non-hydrogen) atoms. The molecule has 4 rings (SSSR count). The molecule has 4 nitrogen and oxygen atoms in total. The van der Waals surface area contributed by atoms with Crippen molar-refractivity contribution < 1.29 is 8.78 Å². The summed E-state index contributed by atoms with van der Waals surface area (Å²) in [5, 5.41) is 4.50. The Morgan fingerprint density at radius 2 is 1.82 bits per heavy atom. The van der Waals surface area contributed by atoms with E-state index in [1.807, 2.05) is 19.3 Å². The normalized spacial score (nSPS) is 20.0. The lowest BCUT2D eigenvalue weighted by Gasteiger charge is -2.27. The van der Waals surface area contributed by atoms with Crippen molar-refractivity contribution in [3.63, 3.8) is 0 Å². The van der Waals surface area contributed by atoms with Gasteiger partial charge in [0.2, 0.25) is 0 Å². The molecule has 2 aliphatic rings. The van der Waals surface area contributed by atoms with Gasteiger partial charge in [-0.15, -0.1) is 0 Å². The molecule has 184 valence electrons. The molecule has 1 N–H and O–H groups in total. The fourth-order valence-electron chi connectivity index (χ4n) is 3.97. The second-order valence-electron chi connectivity index (χ2n) is 9.25. The molecule has 0 amide bonds. The van der Waals surface area contributed by atoms with E-state index in [1.165, 1.54) is 12.1 Å². The molecule has 2 atom stereocenters. The first kappa shape index (κ1) is 26.9. The zero-order chi connectivity index (χ0) is 25.0. The molecule has 9 heteroatoms. The van der Waals surface area contributed by atoms with Crippen molar-refractivity contribution in [2.75, 3.05) is 20.3 Å². The lowest BCUT2D eigenvalue weighted by Crippen LogP contribution is -2.33. The van der Waals surface area contributed by atoms with E-state index in [0.717, 1.165) is 28.6 Å². The first-order valence-corrected chi connectivity index (χ1v) is 12.5. The summed E-state index contributed by atoms with van der Waals surface area (Å²) in [7, 11) is 1.99. The molecule has 0 aliphatic carbocycles. The van der Waals surface area contributed by atoms with Crippen molar-refractivity contribution in [2.45, 2.75) is 51.7 Å². The Morgan fingerprint density at radius 1 is 1.18 bits per heavy atom. The van der Waals surface area contributed by atoms with Gasteiger partial charge in [-0.2, -0.15) is 0 Å². The number of amidine groups is 1. The molecular formula is C25H30Cl2F2N4S. The number of nitrogens with zero attached hydrogens (tertiary/aromatic N) is 3. The predicted molar refractivity (Wildman–Crippen MR) is 141 cm³/mol. The van der Waals surface area contributed by atoms with E-state index in [-0.39, 0.29) is 16.6 Å². The van der Waals surface area contributed by atoms with Crippen molar-refractivity contribution in [2.24, 2.45) is 10.9 Å². The number of benzene rings is 1. The van der Waals surface area contributed by atoms with E-state index in [9.17, 15) is 8.78 Å². The van der Waals surface area contributed by atoms with E-state index in [4.69, 9.17) is 35.4 Å². The van der Waals surface area contributed by atoms with E-state index in [1.54, 1.807) is 5.37 Å². The molecule has 2 aromatic rings. The van der Waals surface area contributed by atoms with Crippen molar-refractivity contribution >= 4 is 46.6 Å². The van der Waals surface area contributed by atoms with E-state index in [0.29, 0.717) is 31.1 Å². The van der Waals surface area contributed by atoms with E-state index >= 15 is 0 Å². The summed E-state index contributed by atoms with van der Waals surface area (Å²) in [5.74, 6) is 0.890. The average molecular weight is 528 g/mol. The number of pyridine rings is 1. The van der Waals surface area contributed by atoms with Crippen molar-refractivity contribution in [3.05, 3.63) is 62.6 Å². The Hall–Kier alpha value is -1.67. The van der Waals surface area contributed by atoms with Crippen LogP contribution in [0.5, 0.6) is 0 Å². The lowest BCUT2D eigenvalue weighted by atomic mass is 9.80. The largest absolute Gasteiger partial charge is 0.352 e. The number of hydrogen-bond donors (Lipinski definition) is 1. The number of rotatable bonds is 5. The molecule has 2 unspecified atom stereocenters.